The summed E-state index contributed by atoms with van der Waals surface area (Å²) in [5.74, 6) is -5.24. The van der Waals surface area contributed by atoms with Crippen molar-refractivity contribution in [3.63, 3.8) is 0 Å². The second-order valence-corrected chi connectivity index (χ2v) is 13.3. The molecule has 4 amide bonds. The number of carbonyl (C=O) groups excluding carboxylic acids is 4. The lowest BCUT2D eigenvalue weighted by Crippen LogP contribution is -2.52. The van der Waals surface area contributed by atoms with Crippen molar-refractivity contribution in [1.29, 1.82) is 0 Å². The minimum Gasteiger partial charge on any atom is -0.480 e. The number of carboxylic acids is 3. The first kappa shape index (κ1) is 47.3. The fraction of sp³-hybridized carbons (Fsp3) is 0.618. The number of hydrazine groups is 1. The monoisotopic (exact) mass is 793 g/mol. The standard InChI is InChI=1S/C34H56BN9O12/c1-24(34(54)44-15-5-6-27(44)35(55)56)39-33(53)25-8-10-26(11-9-25)40-41-28(45)7-3-2-4-12-38-29(46)22-42(16-13-36-20-30(47)48)18-19-43(23-32(51)52)17-14-37-21-31(49)50/h8-11,24,27,36-37,40,55-56H,2-7,12-23H2,1H3,(H,38,46)(H,39,53)(H,41,45)(H,47,48)(H,49,50)(H,51,52)/t24-,27+/m1/s1. The molecular formula is C34H56BN9O12. The van der Waals surface area contributed by atoms with E-state index in [2.05, 4.69) is 32.1 Å². The summed E-state index contributed by atoms with van der Waals surface area (Å²) in [6, 6.07) is 5.36. The van der Waals surface area contributed by atoms with Gasteiger partial charge in [-0.05, 0) is 56.9 Å². The summed E-state index contributed by atoms with van der Waals surface area (Å²) < 4.78 is 0. The highest BCUT2D eigenvalue weighted by molar-refractivity contribution is 6.43. The zero-order chi connectivity index (χ0) is 41.5. The number of likely N-dealkylation sites (tertiary alicyclic amines) is 1. The molecule has 1 aromatic rings. The highest BCUT2D eigenvalue weighted by Gasteiger charge is 2.38. The van der Waals surface area contributed by atoms with Crippen LogP contribution >= 0.6 is 0 Å². The average molecular weight is 794 g/mol. The molecule has 1 aromatic carbocycles. The number of carboxylic acid groups (broad SMARTS) is 3. The SMILES string of the molecule is C[C@@H](NC(=O)c1ccc(NNC(=O)CCCCCNC(=O)CN(CCNCC(=O)O)CCN(CCNCC(=O)O)CC(=O)O)cc1)C(=O)N1CCC[C@H]1B(O)O. The summed E-state index contributed by atoms with van der Waals surface area (Å²) in [5, 5.41) is 56.9. The summed E-state index contributed by atoms with van der Waals surface area (Å²) in [6.45, 7) is 3.16. The van der Waals surface area contributed by atoms with Crippen LogP contribution < -0.4 is 32.1 Å². The summed E-state index contributed by atoms with van der Waals surface area (Å²) >= 11 is 0. The zero-order valence-electron chi connectivity index (χ0n) is 31.7. The lowest BCUT2D eigenvalue weighted by molar-refractivity contribution is -0.139. The van der Waals surface area contributed by atoms with Gasteiger partial charge in [-0.1, -0.05) is 6.42 Å². The van der Waals surface area contributed by atoms with Crippen molar-refractivity contribution in [1.82, 2.24) is 41.4 Å². The van der Waals surface area contributed by atoms with Gasteiger partial charge in [0.15, 0.2) is 0 Å². The zero-order valence-corrected chi connectivity index (χ0v) is 31.7. The van der Waals surface area contributed by atoms with E-state index in [0.717, 1.165) is 0 Å². The van der Waals surface area contributed by atoms with Crippen molar-refractivity contribution >= 4 is 54.3 Å². The fourth-order valence-corrected chi connectivity index (χ4v) is 5.83. The number of aliphatic carboxylic acids is 3. The molecule has 21 nitrogen and oxygen atoms in total. The van der Waals surface area contributed by atoms with Crippen LogP contribution in [0.3, 0.4) is 0 Å². The Kier molecular flexibility index (Phi) is 22.0. The van der Waals surface area contributed by atoms with Gasteiger partial charge < -0.3 is 51.5 Å². The van der Waals surface area contributed by atoms with Gasteiger partial charge in [0.05, 0.1) is 37.8 Å². The predicted octanol–water partition coefficient (Wildman–Crippen LogP) is -3.04. The third-order valence-electron chi connectivity index (χ3n) is 8.76. The Morgan fingerprint density at radius 1 is 0.786 bits per heavy atom. The number of unbranched alkanes of at least 4 members (excludes halogenated alkanes) is 2. The van der Waals surface area contributed by atoms with Crippen molar-refractivity contribution in [2.24, 2.45) is 0 Å². The van der Waals surface area contributed by atoms with Crippen molar-refractivity contribution in [3.05, 3.63) is 29.8 Å². The second kappa shape index (κ2) is 26.1. The van der Waals surface area contributed by atoms with Crippen LogP contribution in [-0.2, 0) is 28.8 Å². The fourth-order valence-electron chi connectivity index (χ4n) is 5.83. The summed E-state index contributed by atoms with van der Waals surface area (Å²) in [4.78, 5) is 88.1. The number of nitrogens with one attached hydrogen (secondary N) is 6. The third-order valence-corrected chi connectivity index (χ3v) is 8.76. The Bertz CT molecular complexity index is 1440. The van der Waals surface area contributed by atoms with Crippen molar-refractivity contribution < 1.29 is 58.9 Å². The molecule has 0 spiro atoms. The van der Waals surface area contributed by atoms with Gasteiger partial charge in [0, 0.05) is 64.3 Å². The molecular weight excluding hydrogens is 737 g/mol. The minimum absolute atomic E-state index is 0.0121. The van der Waals surface area contributed by atoms with Crippen LogP contribution in [0.2, 0.25) is 0 Å². The summed E-state index contributed by atoms with van der Waals surface area (Å²) in [6.07, 6.45) is 3.14. The van der Waals surface area contributed by atoms with E-state index in [1.54, 1.807) is 21.9 Å². The van der Waals surface area contributed by atoms with E-state index in [4.69, 9.17) is 10.2 Å². The number of benzene rings is 1. The normalized spacial score (nSPS) is 14.3. The van der Waals surface area contributed by atoms with Gasteiger partial charge in [-0.3, -0.25) is 54.2 Å². The summed E-state index contributed by atoms with van der Waals surface area (Å²) in [7, 11) is -1.65. The van der Waals surface area contributed by atoms with E-state index in [-0.39, 0.29) is 76.2 Å². The second-order valence-electron chi connectivity index (χ2n) is 13.3. The Balaban J connectivity index is 1.69. The molecule has 1 fully saturated rings. The molecule has 22 heteroatoms. The average Bonchev–Trinajstić information content (AvgIpc) is 3.64. The van der Waals surface area contributed by atoms with Crippen molar-refractivity contribution in [2.75, 3.05) is 84.0 Å². The third kappa shape index (κ3) is 19.6. The molecule has 1 heterocycles. The number of nitrogens with zero attached hydrogens (tertiary/aromatic N) is 3. The highest BCUT2D eigenvalue weighted by Crippen LogP contribution is 2.19. The summed E-state index contributed by atoms with van der Waals surface area (Å²) in [5.41, 5.74) is 6.18. The molecule has 56 heavy (non-hydrogen) atoms. The molecule has 0 aliphatic carbocycles. The minimum atomic E-state index is -1.65. The smallest absolute Gasteiger partial charge is 0.475 e. The first-order chi connectivity index (χ1) is 26.7. The maximum Gasteiger partial charge on any atom is 0.475 e. The number of carbonyl (C=O) groups is 7. The van der Waals surface area contributed by atoms with E-state index >= 15 is 0 Å². The molecule has 1 aliphatic rings. The highest BCUT2D eigenvalue weighted by atomic mass is 16.4. The van der Waals surface area contributed by atoms with Gasteiger partial charge in [-0.2, -0.15) is 0 Å². The van der Waals surface area contributed by atoms with E-state index in [0.29, 0.717) is 64.0 Å². The molecule has 2 rings (SSSR count). The molecule has 1 saturated heterocycles. The maximum atomic E-state index is 12.8. The van der Waals surface area contributed by atoms with E-state index < -0.39 is 48.8 Å². The van der Waals surface area contributed by atoms with Crippen LogP contribution in [0.4, 0.5) is 5.69 Å². The van der Waals surface area contributed by atoms with Gasteiger partial charge in [-0.25, -0.2) is 0 Å². The Labute approximate surface area is 325 Å². The Hall–Kier alpha value is -4.87. The first-order valence-electron chi connectivity index (χ1n) is 18.6. The molecule has 11 N–H and O–H groups in total. The number of hydrogen-bond donors (Lipinski definition) is 11. The van der Waals surface area contributed by atoms with Gasteiger partial charge in [-0.15, -0.1) is 0 Å². The van der Waals surface area contributed by atoms with Crippen LogP contribution in [0, 0.1) is 0 Å². The molecule has 312 valence electrons. The maximum absolute atomic E-state index is 12.8. The largest absolute Gasteiger partial charge is 0.480 e. The topological polar surface area (TPSA) is 303 Å². The van der Waals surface area contributed by atoms with Gasteiger partial charge in [0.2, 0.25) is 17.7 Å². The first-order valence-corrected chi connectivity index (χ1v) is 18.6. The van der Waals surface area contributed by atoms with Crippen LogP contribution in [0.5, 0.6) is 0 Å². The number of rotatable bonds is 29. The molecule has 0 saturated carbocycles. The molecule has 0 unspecified atom stereocenters. The van der Waals surface area contributed by atoms with E-state index in [1.165, 1.54) is 24.0 Å². The number of anilines is 1. The number of hydrogen-bond acceptors (Lipinski definition) is 14. The number of amides is 4. The van der Waals surface area contributed by atoms with E-state index in [9.17, 15) is 48.7 Å². The quantitative estimate of drug-likeness (QED) is 0.0218. The van der Waals surface area contributed by atoms with Gasteiger partial charge in [0.25, 0.3) is 5.91 Å². The molecule has 0 aromatic heterocycles. The van der Waals surface area contributed by atoms with Gasteiger partial charge >= 0.3 is 25.0 Å². The molecule has 2 atom stereocenters. The van der Waals surface area contributed by atoms with Gasteiger partial charge in [0.1, 0.15) is 6.04 Å². The Morgan fingerprint density at radius 2 is 1.39 bits per heavy atom. The predicted molar refractivity (Wildman–Crippen MR) is 203 cm³/mol. The van der Waals surface area contributed by atoms with Crippen molar-refractivity contribution in [3.8, 4) is 0 Å². The van der Waals surface area contributed by atoms with Crippen molar-refractivity contribution in [2.45, 2.75) is 57.4 Å². The lowest BCUT2D eigenvalue weighted by atomic mass is 9.78. The lowest BCUT2D eigenvalue weighted by Gasteiger charge is -2.27. The molecule has 1 aliphatic heterocycles. The van der Waals surface area contributed by atoms with Crippen LogP contribution in [0.25, 0.3) is 0 Å². The van der Waals surface area contributed by atoms with Crippen LogP contribution in [-0.4, -0.2) is 179 Å². The van der Waals surface area contributed by atoms with Crippen LogP contribution in [0.1, 0.15) is 55.8 Å². The molecule has 0 radical (unpaired) electrons. The van der Waals surface area contributed by atoms with E-state index in [1.807, 2.05) is 0 Å². The van der Waals surface area contributed by atoms with Crippen LogP contribution in [0.15, 0.2) is 24.3 Å². The molecule has 0 bridgehead atoms. The Morgan fingerprint density at radius 3 is 1.96 bits per heavy atom.